The Morgan fingerprint density at radius 1 is 1.24 bits per heavy atom. The van der Waals surface area contributed by atoms with Crippen LogP contribution in [0.1, 0.15) is 26.4 Å². The summed E-state index contributed by atoms with van der Waals surface area (Å²) in [6, 6.07) is 7.94. The smallest absolute Gasteiger partial charge is 0.178 e. The molecule has 0 bridgehead atoms. The summed E-state index contributed by atoms with van der Waals surface area (Å²) in [6.07, 6.45) is 0.423. The summed E-state index contributed by atoms with van der Waals surface area (Å²) >= 11 is 7.53. The van der Waals surface area contributed by atoms with E-state index in [0.717, 1.165) is 16.7 Å². The first-order chi connectivity index (χ1) is 8.09. The number of ketones is 1. The van der Waals surface area contributed by atoms with Crippen LogP contribution in [0.25, 0.3) is 0 Å². The molecule has 1 aromatic heterocycles. The first kappa shape index (κ1) is 12.3. The fourth-order valence-electron chi connectivity index (χ4n) is 1.68. The Labute approximate surface area is 110 Å². The van der Waals surface area contributed by atoms with Gasteiger partial charge in [0.25, 0.3) is 0 Å². The molecule has 0 unspecified atom stereocenters. The van der Waals surface area contributed by atoms with E-state index in [1.165, 1.54) is 11.3 Å². The summed E-state index contributed by atoms with van der Waals surface area (Å²) in [6.45, 7) is 3.94. The van der Waals surface area contributed by atoms with Crippen molar-refractivity contribution in [1.29, 1.82) is 0 Å². The number of Topliss-reactive ketones (excluding diaryl/α,β-unsaturated/α-hetero) is 1. The van der Waals surface area contributed by atoms with Crippen molar-refractivity contribution in [3.05, 3.63) is 56.2 Å². The van der Waals surface area contributed by atoms with Gasteiger partial charge in [-0.25, -0.2) is 0 Å². The summed E-state index contributed by atoms with van der Waals surface area (Å²) in [5.41, 5.74) is 3.19. The van der Waals surface area contributed by atoms with Crippen LogP contribution in [0, 0.1) is 13.8 Å². The van der Waals surface area contributed by atoms with Gasteiger partial charge in [-0.15, -0.1) is 11.3 Å². The Morgan fingerprint density at radius 2 is 1.94 bits per heavy atom. The highest BCUT2D eigenvalue weighted by Crippen LogP contribution is 2.28. The molecule has 0 aliphatic carbocycles. The Bertz CT molecular complexity index is 557. The van der Waals surface area contributed by atoms with Crippen LogP contribution in [-0.2, 0) is 6.42 Å². The van der Waals surface area contributed by atoms with Gasteiger partial charge in [-0.1, -0.05) is 35.9 Å². The van der Waals surface area contributed by atoms with Gasteiger partial charge in [0.1, 0.15) is 0 Å². The first-order valence-electron chi connectivity index (χ1n) is 5.41. The van der Waals surface area contributed by atoms with Gasteiger partial charge >= 0.3 is 0 Å². The van der Waals surface area contributed by atoms with Crippen molar-refractivity contribution < 1.29 is 4.79 Å². The molecular weight excluding hydrogens is 252 g/mol. The van der Waals surface area contributed by atoms with Crippen molar-refractivity contribution in [3.8, 4) is 0 Å². The van der Waals surface area contributed by atoms with Crippen molar-refractivity contribution >= 4 is 28.7 Å². The Kier molecular flexibility index (Phi) is 3.65. The number of benzene rings is 1. The minimum absolute atomic E-state index is 0.0994. The van der Waals surface area contributed by atoms with Gasteiger partial charge in [-0.05, 0) is 35.9 Å². The number of hydrogen-bond donors (Lipinski definition) is 0. The molecule has 0 fully saturated rings. The SMILES string of the molecule is Cc1ccccc1CC(=O)c1scc(C)c1Cl. The maximum absolute atomic E-state index is 12.1. The lowest BCUT2D eigenvalue weighted by Crippen LogP contribution is -2.03. The molecule has 0 N–H and O–H groups in total. The predicted molar refractivity (Wildman–Crippen MR) is 73.3 cm³/mol. The summed E-state index contributed by atoms with van der Waals surface area (Å²) in [5, 5.41) is 2.53. The zero-order valence-corrected chi connectivity index (χ0v) is 11.4. The molecule has 2 rings (SSSR count). The minimum Gasteiger partial charge on any atom is -0.293 e. The highest BCUT2D eigenvalue weighted by Gasteiger charge is 2.15. The van der Waals surface area contributed by atoms with Crippen LogP contribution in [0.4, 0.5) is 0 Å². The van der Waals surface area contributed by atoms with Crippen molar-refractivity contribution in [3.63, 3.8) is 0 Å². The fourth-order valence-corrected chi connectivity index (χ4v) is 2.92. The summed E-state index contributed by atoms with van der Waals surface area (Å²) in [7, 11) is 0. The number of rotatable bonds is 3. The molecule has 2 aromatic rings. The van der Waals surface area contributed by atoms with Crippen molar-refractivity contribution in [2.45, 2.75) is 20.3 Å². The molecule has 0 amide bonds. The van der Waals surface area contributed by atoms with Gasteiger partial charge in [0, 0.05) is 6.42 Å². The van der Waals surface area contributed by atoms with E-state index in [9.17, 15) is 4.79 Å². The van der Waals surface area contributed by atoms with Crippen LogP contribution in [-0.4, -0.2) is 5.78 Å². The van der Waals surface area contributed by atoms with E-state index in [0.29, 0.717) is 16.3 Å². The fraction of sp³-hybridized carbons (Fsp3) is 0.214. The molecule has 0 saturated heterocycles. The van der Waals surface area contributed by atoms with Gasteiger partial charge in [0.2, 0.25) is 0 Å². The van der Waals surface area contributed by atoms with Crippen molar-refractivity contribution in [2.75, 3.05) is 0 Å². The number of carbonyl (C=O) groups excluding carboxylic acids is 1. The molecule has 3 heteroatoms. The monoisotopic (exact) mass is 264 g/mol. The molecule has 88 valence electrons. The lowest BCUT2D eigenvalue weighted by molar-refractivity contribution is 0.0996. The molecule has 17 heavy (non-hydrogen) atoms. The average Bonchev–Trinajstić information content (AvgIpc) is 2.63. The van der Waals surface area contributed by atoms with E-state index in [1.54, 1.807) is 0 Å². The number of carbonyl (C=O) groups is 1. The molecule has 0 aliphatic rings. The molecule has 1 aromatic carbocycles. The van der Waals surface area contributed by atoms with Gasteiger partial charge in [0.05, 0.1) is 9.90 Å². The molecular formula is C14H13ClOS. The summed E-state index contributed by atoms with van der Waals surface area (Å²) < 4.78 is 0. The maximum atomic E-state index is 12.1. The first-order valence-corrected chi connectivity index (χ1v) is 6.66. The molecule has 0 aliphatic heterocycles. The third-order valence-corrected chi connectivity index (χ3v) is 4.50. The van der Waals surface area contributed by atoms with E-state index in [2.05, 4.69) is 0 Å². The zero-order valence-electron chi connectivity index (χ0n) is 9.79. The predicted octanol–water partition coefficient (Wildman–Crippen LogP) is 4.44. The number of thiophene rings is 1. The van der Waals surface area contributed by atoms with Gasteiger partial charge in [0.15, 0.2) is 5.78 Å². The highest BCUT2D eigenvalue weighted by atomic mass is 35.5. The minimum atomic E-state index is 0.0994. The average molecular weight is 265 g/mol. The van der Waals surface area contributed by atoms with E-state index in [4.69, 9.17) is 11.6 Å². The van der Waals surface area contributed by atoms with Crippen LogP contribution in [0.15, 0.2) is 29.6 Å². The lowest BCUT2D eigenvalue weighted by Gasteiger charge is -2.03. The largest absolute Gasteiger partial charge is 0.293 e. The van der Waals surface area contributed by atoms with Crippen LogP contribution >= 0.6 is 22.9 Å². The topological polar surface area (TPSA) is 17.1 Å². The van der Waals surface area contributed by atoms with Gasteiger partial charge < -0.3 is 0 Å². The molecule has 1 nitrogen and oxygen atoms in total. The Hall–Kier alpha value is -1.12. The van der Waals surface area contributed by atoms with E-state index in [-0.39, 0.29) is 5.78 Å². The van der Waals surface area contributed by atoms with E-state index in [1.807, 2.05) is 43.5 Å². The van der Waals surface area contributed by atoms with Crippen molar-refractivity contribution in [2.24, 2.45) is 0 Å². The summed E-state index contributed by atoms with van der Waals surface area (Å²) in [5.74, 6) is 0.0994. The zero-order chi connectivity index (χ0) is 12.4. The molecule has 0 radical (unpaired) electrons. The molecule has 1 heterocycles. The van der Waals surface area contributed by atoms with E-state index < -0.39 is 0 Å². The van der Waals surface area contributed by atoms with Crippen LogP contribution in [0.2, 0.25) is 5.02 Å². The number of hydrogen-bond acceptors (Lipinski definition) is 2. The maximum Gasteiger partial charge on any atom is 0.178 e. The van der Waals surface area contributed by atoms with Gasteiger partial charge in [-0.3, -0.25) is 4.79 Å². The molecule has 0 atom stereocenters. The second-order valence-corrected chi connectivity index (χ2v) is 5.35. The lowest BCUT2D eigenvalue weighted by atomic mass is 10.0. The Balaban J connectivity index is 2.23. The quantitative estimate of drug-likeness (QED) is 0.749. The Morgan fingerprint density at radius 3 is 2.53 bits per heavy atom. The normalized spacial score (nSPS) is 10.5. The molecule has 0 spiro atoms. The second kappa shape index (κ2) is 5.03. The second-order valence-electron chi connectivity index (χ2n) is 4.09. The van der Waals surface area contributed by atoms with Crippen molar-refractivity contribution in [1.82, 2.24) is 0 Å². The molecule has 0 saturated carbocycles. The standard InChI is InChI=1S/C14H13ClOS/c1-9-5-3-4-6-11(9)7-12(16)14-13(15)10(2)8-17-14/h3-6,8H,7H2,1-2H3. The van der Waals surface area contributed by atoms with Gasteiger partial charge in [-0.2, -0.15) is 0 Å². The number of halogens is 1. The summed E-state index contributed by atoms with van der Waals surface area (Å²) in [4.78, 5) is 12.8. The highest BCUT2D eigenvalue weighted by molar-refractivity contribution is 7.13. The van der Waals surface area contributed by atoms with E-state index >= 15 is 0 Å². The van der Waals surface area contributed by atoms with Crippen LogP contribution in [0.3, 0.4) is 0 Å². The number of aryl methyl sites for hydroxylation is 2. The van der Waals surface area contributed by atoms with Crippen LogP contribution in [0.5, 0.6) is 0 Å². The third-order valence-electron chi connectivity index (χ3n) is 2.76. The van der Waals surface area contributed by atoms with Crippen LogP contribution < -0.4 is 0 Å². The third kappa shape index (κ3) is 2.59.